The molecule has 5 heteroatoms. The van der Waals surface area contributed by atoms with Crippen LogP contribution in [0.3, 0.4) is 0 Å². The van der Waals surface area contributed by atoms with E-state index in [0.29, 0.717) is 11.6 Å². The number of carbonyl (C=O) groups excluding carboxylic acids is 1. The molecule has 0 atom stereocenters. The highest BCUT2D eigenvalue weighted by Crippen LogP contribution is 2.20. The molecule has 1 amide bonds. The zero-order valence-electron chi connectivity index (χ0n) is 12.4. The largest absolute Gasteiger partial charge is 0.349 e. The number of unbranched alkanes of at least 4 members (excludes halogenated alkanes) is 1. The summed E-state index contributed by atoms with van der Waals surface area (Å²) >= 11 is 6.84. The predicted molar refractivity (Wildman–Crippen MR) is 93.7 cm³/mol. The first-order chi connectivity index (χ1) is 10.1. The second-order valence-electron chi connectivity index (χ2n) is 5.60. The predicted octanol–water partition coefficient (Wildman–Crippen LogP) is 4.21. The fraction of sp³-hybridized carbons (Fsp3) is 0.562. The molecule has 1 fully saturated rings. The lowest BCUT2D eigenvalue weighted by Crippen LogP contribution is -2.44. The highest BCUT2D eigenvalue weighted by atomic mass is 79.9. The molecule has 1 N–H and O–H groups in total. The molecule has 3 nitrogen and oxygen atoms in total. The Hall–Kier alpha value is -0.390. The lowest BCUT2D eigenvalue weighted by molar-refractivity contribution is 0.0910. The van der Waals surface area contributed by atoms with Gasteiger partial charge in [0.2, 0.25) is 0 Å². The zero-order valence-corrected chi connectivity index (χ0v) is 15.5. The molecule has 0 unspecified atom stereocenters. The second-order valence-corrected chi connectivity index (χ2v) is 7.43. The van der Waals surface area contributed by atoms with Gasteiger partial charge in [0.25, 0.3) is 5.91 Å². The van der Waals surface area contributed by atoms with Crippen LogP contribution in [-0.2, 0) is 0 Å². The van der Waals surface area contributed by atoms with Crippen LogP contribution in [-0.4, -0.2) is 36.5 Å². The van der Waals surface area contributed by atoms with Gasteiger partial charge in [-0.3, -0.25) is 4.79 Å². The van der Waals surface area contributed by atoms with Crippen LogP contribution >= 0.6 is 31.9 Å². The molecule has 1 aromatic rings. The van der Waals surface area contributed by atoms with Crippen molar-refractivity contribution in [2.45, 2.75) is 38.6 Å². The number of likely N-dealkylation sites (tertiary alicyclic amines) is 1. The molecule has 1 heterocycles. The maximum absolute atomic E-state index is 12.3. The van der Waals surface area contributed by atoms with E-state index in [9.17, 15) is 4.79 Å². The summed E-state index contributed by atoms with van der Waals surface area (Å²) in [6, 6.07) is 5.95. The van der Waals surface area contributed by atoms with Crippen LogP contribution in [0, 0.1) is 0 Å². The number of amides is 1. The fourth-order valence-corrected chi connectivity index (χ4v) is 3.93. The number of carbonyl (C=O) groups is 1. The first kappa shape index (κ1) is 17.0. The van der Waals surface area contributed by atoms with Gasteiger partial charge in [0.15, 0.2) is 0 Å². The Bertz CT molecular complexity index is 465. The summed E-state index contributed by atoms with van der Waals surface area (Å²) in [5.41, 5.74) is 0.699. The molecular weight excluding hydrogens is 396 g/mol. The average Bonchev–Trinajstić information content (AvgIpc) is 2.45. The minimum Gasteiger partial charge on any atom is -0.349 e. The van der Waals surface area contributed by atoms with Crippen LogP contribution in [0.1, 0.15) is 43.0 Å². The van der Waals surface area contributed by atoms with Gasteiger partial charge in [0.05, 0.1) is 0 Å². The number of hydrogen-bond donors (Lipinski definition) is 1. The average molecular weight is 418 g/mol. The molecule has 1 aliphatic rings. The van der Waals surface area contributed by atoms with Gasteiger partial charge in [0, 0.05) is 33.6 Å². The summed E-state index contributed by atoms with van der Waals surface area (Å²) in [4.78, 5) is 14.8. The number of piperidine rings is 1. The van der Waals surface area contributed by atoms with Gasteiger partial charge in [0.1, 0.15) is 0 Å². The van der Waals surface area contributed by atoms with E-state index in [1.54, 1.807) is 0 Å². The van der Waals surface area contributed by atoms with Crippen molar-refractivity contribution < 1.29 is 4.79 Å². The minimum atomic E-state index is 0.0176. The van der Waals surface area contributed by atoms with Crippen LogP contribution in [0.4, 0.5) is 0 Å². The van der Waals surface area contributed by atoms with Crippen LogP contribution in [0.15, 0.2) is 27.1 Å². The summed E-state index contributed by atoms with van der Waals surface area (Å²) in [5, 5.41) is 3.16. The third-order valence-corrected chi connectivity index (χ3v) is 4.79. The summed E-state index contributed by atoms with van der Waals surface area (Å²) < 4.78 is 1.83. The van der Waals surface area contributed by atoms with Crippen LogP contribution < -0.4 is 5.32 Å². The first-order valence-electron chi connectivity index (χ1n) is 7.58. The lowest BCUT2D eigenvalue weighted by atomic mass is 10.0. The number of hydrogen-bond acceptors (Lipinski definition) is 2. The fourth-order valence-electron chi connectivity index (χ4n) is 2.64. The monoisotopic (exact) mass is 416 g/mol. The van der Waals surface area contributed by atoms with E-state index in [2.05, 4.69) is 49.0 Å². The van der Waals surface area contributed by atoms with Crippen LogP contribution in [0.5, 0.6) is 0 Å². The number of benzene rings is 1. The van der Waals surface area contributed by atoms with Crippen molar-refractivity contribution in [1.29, 1.82) is 0 Å². The smallest absolute Gasteiger partial charge is 0.251 e. The Morgan fingerprint density at radius 3 is 2.43 bits per heavy atom. The molecule has 0 bridgehead atoms. The van der Waals surface area contributed by atoms with Crippen molar-refractivity contribution in [2.24, 2.45) is 0 Å². The first-order valence-corrected chi connectivity index (χ1v) is 9.16. The van der Waals surface area contributed by atoms with Gasteiger partial charge in [-0.15, -0.1) is 0 Å². The molecule has 21 heavy (non-hydrogen) atoms. The van der Waals surface area contributed by atoms with E-state index in [1.165, 1.54) is 19.4 Å². The summed E-state index contributed by atoms with van der Waals surface area (Å²) in [5.74, 6) is 0.0176. The summed E-state index contributed by atoms with van der Waals surface area (Å²) in [7, 11) is 0. The van der Waals surface area contributed by atoms with Crippen molar-refractivity contribution in [2.75, 3.05) is 19.6 Å². The highest BCUT2D eigenvalue weighted by Gasteiger charge is 2.20. The molecule has 0 aliphatic carbocycles. The summed E-state index contributed by atoms with van der Waals surface area (Å²) in [6.45, 7) is 5.60. The molecule has 0 saturated carbocycles. The van der Waals surface area contributed by atoms with E-state index in [0.717, 1.165) is 34.9 Å². The van der Waals surface area contributed by atoms with Gasteiger partial charge in [-0.25, -0.2) is 0 Å². The topological polar surface area (TPSA) is 32.3 Å². The van der Waals surface area contributed by atoms with E-state index >= 15 is 0 Å². The van der Waals surface area contributed by atoms with Crippen molar-refractivity contribution in [3.63, 3.8) is 0 Å². The van der Waals surface area contributed by atoms with E-state index < -0.39 is 0 Å². The normalized spacial score (nSPS) is 16.9. The van der Waals surface area contributed by atoms with Gasteiger partial charge in [-0.1, -0.05) is 45.2 Å². The summed E-state index contributed by atoms with van der Waals surface area (Å²) in [6.07, 6.45) is 4.60. The van der Waals surface area contributed by atoms with Gasteiger partial charge >= 0.3 is 0 Å². The molecule has 116 valence electrons. The number of nitrogens with one attached hydrogen (secondary N) is 1. The Kier molecular flexibility index (Phi) is 6.71. The maximum atomic E-state index is 12.3. The molecule has 1 saturated heterocycles. The molecule has 0 aromatic heterocycles. The SMILES string of the molecule is CCCCN1CCC(NC(=O)c2cc(Br)cc(Br)c2)CC1. The van der Waals surface area contributed by atoms with Crippen LogP contribution in [0.25, 0.3) is 0 Å². The Morgan fingerprint density at radius 1 is 1.24 bits per heavy atom. The number of rotatable bonds is 5. The van der Waals surface area contributed by atoms with Crippen LogP contribution in [0.2, 0.25) is 0 Å². The number of nitrogens with zero attached hydrogens (tertiary/aromatic N) is 1. The van der Waals surface area contributed by atoms with Crippen molar-refractivity contribution in [3.8, 4) is 0 Å². The molecule has 0 radical (unpaired) electrons. The van der Waals surface area contributed by atoms with Gasteiger partial charge in [-0.05, 0) is 44.0 Å². The molecule has 0 spiro atoms. The Morgan fingerprint density at radius 2 is 1.86 bits per heavy atom. The van der Waals surface area contributed by atoms with E-state index in [-0.39, 0.29) is 5.91 Å². The minimum absolute atomic E-state index is 0.0176. The third kappa shape index (κ3) is 5.38. The van der Waals surface area contributed by atoms with E-state index in [1.807, 2.05) is 18.2 Å². The molecule has 2 rings (SSSR count). The number of halogens is 2. The van der Waals surface area contributed by atoms with Crippen molar-refractivity contribution >= 4 is 37.8 Å². The van der Waals surface area contributed by atoms with Gasteiger partial charge in [-0.2, -0.15) is 0 Å². The molecule has 1 aromatic carbocycles. The Labute approximate surface area is 143 Å². The highest BCUT2D eigenvalue weighted by molar-refractivity contribution is 9.11. The third-order valence-electron chi connectivity index (χ3n) is 3.88. The van der Waals surface area contributed by atoms with Crippen molar-refractivity contribution in [1.82, 2.24) is 10.2 Å². The van der Waals surface area contributed by atoms with Gasteiger partial charge < -0.3 is 10.2 Å². The molecular formula is C16H22Br2N2O. The van der Waals surface area contributed by atoms with Crippen molar-refractivity contribution in [3.05, 3.63) is 32.7 Å². The Balaban J connectivity index is 1.84. The van der Waals surface area contributed by atoms with E-state index in [4.69, 9.17) is 0 Å². The lowest BCUT2D eigenvalue weighted by Gasteiger charge is -2.32. The maximum Gasteiger partial charge on any atom is 0.251 e. The molecule has 1 aliphatic heterocycles. The zero-order chi connectivity index (χ0) is 15.2. The quantitative estimate of drug-likeness (QED) is 0.778. The standard InChI is InChI=1S/C16H22Br2N2O/c1-2-3-6-20-7-4-15(5-8-20)19-16(21)12-9-13(17)11-14(18)10-12/h9-11,15H,2-8H2,1H3,(H,19,21). The second kappa shape index (κ2) is 8.30.